The molecule has 0 aliphatic carbocycles. The van der Waals surface area contributed by atoms with Crippen LogP contribution in [0.25, 0.3) is 6.08 Å². The molecule has 6 nitrogen and oxygen atoms in total. The minimum atomic E-state index is -0.291. The van der Waals surface area contributed by atoms with Crippen molar-refractivity contribution in [2.45, 2.75) is 20.4 Å². The van der Waals surface area contributed by atoms with Crippen LogP contribution in [0.1, 0.15) is 22.4 Å². The highest BCUT2D eigenvalue weighted by Gasteiger charge is 2.07. The number of aromatic amines is 1. The van der Waals surface area contributed by atoms with Gasteiger partial charge in [-0.3, -0.25) is 9.59 Å². The molecule has 1 aromatic heterocycles. The van der Waals surface area contributed by atoms with Crippen LogP contribution in [0.5, 0.6) is 11.5 Å². The van der Waals surface area contributed by atoms with Crippen LogP contribution in [0.4, 0.5) is 0 Å². The fourth-order valence-corrected chi connectivity index (χ4v) is 2.56. The minimum Gasteiger partial charge on any atom is -0.493 e. The molecule has 0 unspecified atom stereocenters. The van der Waals surface area contributed by atoms with E-state index in [1.54, 1.807) is 31.4 Å². The molecule has 1 heterocycles. The first-order valence-corrected chi connectivity index (χ1v) is 8.51. The SMILES string of the molecule is C=CCOc1ccc(C=CC(=O)NCc2c(C)cc(C)[nH]c2=O)cc1OC. The molecule has 1 aromatic carbocycles. The number of ether oxygens (including phenoxy) is 2. The third-order valence-electron chi connectivity index (χ3n) is 3.90. The summed E-state index contributed by atoms with van der Waals surface area (Å²) in [6.45, 7) is 7.83. The van der Waals surface area contributed by atoms with Crippen LogP contribution in [0.2, 0.25) is 0 Å². The Hall–Kier alpha value is -3.28. The Morgan fingerprint density at radius 1 is 1.26 bits per heavy atom. The molecule has 2 aromatic rings. The number of carbonyl (C=O) groups excluding carboxylic acids is 1. The first-order chi connectivity index (χ1) is 12.9. The lowest BCUT2D eigenvalue weighted by atomic mass is 10.1. The zero-order chi connectivity index (χ0) is 19.8. The van der Waals surface area contributed by atoms with Gasteiger partial charge in [-0.05, 0) is 49.2 Å². The van der Waals surface area contributed by atoms with Gasteiger partial charge in [0.2, 0.25) is 5.91 Å². The second-order valence-electron chi connectivity index (χ2n) is 6.00. The number of H-pyrrole nitrogens is 1. The smallest absolute Gasteiger partial charge is 0.253 e. The van der Waals surface area contributed by atoms with Gasteiger partial charge >= 0.3 is 0 Å². The van der Waals surface area contributed by atoms with Gasteiger partial charge in [0.05, 0.1) is 7.11 Å². The van der Waals surface area contributed by atoms with Gasteiger partial charge in [0.15, 0.2) is 11.5 Å². The van der Waals surface area contributed by atoms with Gasteiger partial charge in [-0.25, -0.2) is 0 Å². The molecule has 27 heavy (non-hydrogen) atoms. The summed E-state index contributed by atoms with van der Waals surface area (Å²) in [6, 6.07) is 7.24. The van der Waals surface area contributed by atoms with E-state index in [1.807, 2.05) is 26.0 Å². The number of aromatic nitrogens is 1. The minimum absolute atomic E-state index is 0.169. The highest BCUT2D eigenvalue weighted by molar-refractivity contribution is 5.91. The molecule has 0 aliphatic heterocycles. The average Bonchev–Trinajstić information content (AvgIpc) is 2.64. The van der Waals surface area contributed by atoms with E-state index in [9.17, 15) is 9.59 Å². The fourth-order valence-electron chi connectivity index (χ4n) is 2.56. The van der Waals surface area contributed by atoms with Crippen LogP contribution in [-0.2, 0) is 11.3 Å². The number of nitrogens with one attached hydrogen (secondary N) is 2. The molecule has 0 aliphatic rings. The molecular weight excluding hydrogens is 344 g/mol. The number of methoxy groups -OCH3 is 1. The lowest BCUT2D eigenvalue weighted by Gasteiger charge is -2.09. The Labute approximate surface area is 158 Å². The van der Waals surface area contributed by atoms with Crippen molar-refractivity contribution < 1.29 is 14.3 Å². The van der Waals surface area contributed by atoms with E-state index in [0.29, 0.717) is 23.7 Å². The predicted molar refractivity (Wildman–Crippen MR) is 106 cm³/mol. The summed E-state index contributed by atoms with van der Waals surface area (Å²) < 4.78 is 10.8. The van der Waals surface area contributed by atoms with Crippen molar-refractivity contribution in [3.8, 4) is 11.5 Å². The van der Waals surface area contributed by atoms with E-state index in [2.05, 4.69) is 16.9 Å². The topological polar surface area (TPSA) is 80.4 Å². The first kappa shape index (κ1) is 20.0. The molecular formula is C21H24N2O4. The summed E-state index contributed by atoms with van der Waals surface area (Å²) in [4.78, 5) is 26.8. The summed E-state index contributed by atoms with van der Waals surface area (Å²) >= 11 is 0. The molecule has 1 amide bonds. The number of carbonyl (C=O) groups is 1. The molecule has 0 spiro atoms. The van der Waals surface area contributed by atoms with Crippen molar-refractivity contribution in [2.24, 2.45) is 0 Å². The number of hydrogen-bond donors (Lipinski definition) is 2. The lowest BCUT2D eigenvalue weighted by molar-refractivity contribution is -0.116. The Balaban J connectivity index is 2.02. The Morgan fingerprint density at radius 3 is 2.70 bits per heavy atom. The summed E-state index contributed by atoms with van der Waals surface area (Å²) in [7, 11) is 1.55. The van der Waals surface area contributed by atoms with E-state index in [0.717, 1.165) is 16.8 Å². The van der Waals surface area contributed by atoms with Crippen molar-refractivity contribution in [3.05, 3.63) is 75.7 Å². The molecule has 2 N–H and O–H groups in total. The summed E-state index contributed by atoms with van der Waals surface area (Å²) in [5.41, 5.74) is 2.80. The first-order valence-electron chi connectivity index (χ1n) is 8.51. The highest BCUT2D eigenvalue weighted by Crippen LogP contribution is 2.28. The largest absolute Gasteiger partial charge is 0.493 e. The number of amides is 1. The summed E-state index contributed by atoms with van der Waals surface area (Å²) in [6.07, 6.45) is 4.73. The zero-order valence-corrected chi connectivity index (χ0v) is 15.8. The predicted octanol–water partition coefficient (Wildman–Crippen LogP) is 2.89. The molecule has 6 heteroatoms. The van der Waals surface area contributed by atoms with Gasteiger partial charge in [0, 0.05) is 23.9 Å². The average molecular weight is 368 g/mol. The maximum atomic E-state index is 12.1. The van der Waals surface area contributed by atoms with Crippen molar-refractivity contribution in [1.82, 2.24) is 10.3 Å². The van der Waals surface area contributed by atoms with Crippen molar-refractivity contribution in [3.63, 3.8) is 0 Å². The molecule has 142 valence electrons. The van der Waals surface area contributed by atoms with E-state index in [4.69, 9.17) is 9.47 Å². The number of aryl methyl sites for hydroxylation is 2. The van der Waals surface area contributed by atoms with Gasteiger partial charge in [0.1, 0.15) is 6.61 Å². The third-order valence-corrected chi connectivity index (χ3v) is 3.90. The van der Waals surface area contributed by atoms with E-state index >= 15 is 0 Å². The maximum Gasteiger partial charge on any atom is 0.253 e. The molecule has 0 bridgehead atoms. The summed E-state index contributed by atoms with van der Waals surface area (Å²) in [5.74, 6) is 0.884. The summed E-state index contributed by atoms with van der Waals surface area (Å²) in [5, 5.41) is 2.73. The Kier molecular flexibility index (Phi) is 7.00. The van der Waals surface area contributed by atoms with E-state index in [-0.39, 0.29) is 18.0 Å². The van der Waals surface area contributed by atoms with Gasteiger partial charge < -0.3 is 19.8 Å². The molecule has 0 atom stereocenters. The lowest BCUT2D eigenvalue weighted by Crippen LogP contribution is -2.26. The van der Waals surface area contributed by atoms with Crippen LogP contribution in [-0.4, -0.2) is 24.6 Å². The normalized spacial score (nSPS) is 10.6. The molecule has 0 fully saturated rings. The van der Waals surface area contributed by atoms with Crippen LogP contribution < -0.4 is 20.3 Å². The second-order valence-corrected chi connectivity index (χ2v) is 6.00. The molecule has 2 rings (SSSR count). The molecule has 0 saturated heterocycles. The Morgan fingerprint density at radius 2 is 2.04 bits per heavy atom. The number of pyridine rings is 1. The Bertz CT molecular complexity index is 913. The zero-order valence-electron chi connectivity index (χ0n) is 15.8. The number of benzene rings is 1. The number of rotatable bonds is 8. The van der Waals surface area contributed by atoms with E-state index in [1.165, 1.54) is 6.08 Å². The molecule has 0 radical (unpaired) electrons. The van der Waals surface area contributed by atoms with Gasteiger partial charge in [-0.15, -0.1) is 0 Å². The van der Waals surface area contributed by atoms with Gasteiger partial charge in [-0.1, -0.05) is 18.7 Å². The maximum absolute atomic E-state index is 12.1. The quantitative estimate of drug-likeness (QED) is 0.555. The van der Waals surface area contributed by atoms with Crippen LogP contribution >= 0.6 is 0 Å². The van der Waals surface area contributed by atoms with Gasteiger partial charge in [-0.2, -0.15) is 0 Å². The van der Waals surface area contributed by atoms with Crippen LogP contribution in [0.15, 0.2) is 47.8 Å². The third kappa shape index (κ3) is 5.60. The standard InChI is InChI=1S/C21H24N2O4/c1-5-10-27-18-8-6-16(12-19(18)26-4)7-9-20(24)22-13-17-14(2)11-15(3)23-21(17)25/h5-9,11-12H,1,10,13H2,2-4H3,(H,22,24)(H,23,25). The monoisotopic (exact) mass is 368 g/mol. The van der Waals surface area contributed by atoms with Crippen molar-refractivity contribution in [2.75, 3.05) is 13.7 Å². The highest BCUT2D eigenvalue weighted by atomic mass is 16.5. The van der Waals surface area contributed by atoms with Gasteiger partial charge in [0.25, 0.3) is 5.56 Å². The van der Waals surface area contributed by atoms with Crippen molar-refractivity contribution >= 4 is 12.0 Å². The van der Waals surface area contributed by atoms with Crippen LogP contribution in [0.3, 0.4) is 0 Å². The van der Waals surface area contributed by atoms with Crippen LogP contribution in [0, 0.1) is 13.8 Å². The van der Waals surface area contributed by atoms with E-state index < -0.39 is 0 Å². The number of hydrogen-bond acceptors (Lipinski definition) is 4. The second kappa shape index (κ2) is 9.43. The van der Waals surface area contributed by atoms with Crippen molar-refractivity contribution in [1.29, 1.82) is 0 Å². The molecule has 0 saturated carbocycles. The fraction of sp³-hybridized carbons (Fsp3) is 0.238.